The van der Waals surface area contributed by atoms with E-state index in [0.29, 0.717) is 43.7 Å². The molecule has 0 saturated carbocycles. The molecule has 2 N–H and O–H groups in total. The summed E-state index contributed by atoms with van der Waals surface area (Å²) in [5, 5.41) is 5.59. The van der Waals surface area contributed by atoms with Crippen LogP contribution in [0.4, 0.5) is 11.4 Å². The molecule has 6 nitrogen and oxygen atoms in total. The van der Waals surface area contributed by atoms with Gasteiger partial charge in [-0.15, -0.1) is 0 Å². The van der Waals surface area contributed by atoms with Crippen LogP contribution in [0.15, 0.2) is 24.3 Å². The maximum absolute atomic E-state index is 12.4. The molecule has 1 saturated heterocycles. The predicted octanol–water partition coefficient (Wildman–Crippen LogP) is 2.62. The molecule has 6 heteroatoms. The van der Waals surface area contributed by atoms with E-state index >= 15 is 0 Å². The molecule has 1 aromatic rings. The molecule has 2 rings (SSSR count). The number of nitrogens with one attached hydrogen (secondary N) is 2. The number of carbonyl (C=O) groups excluding carboxylic acids is 3. The van der Waals surface area contributed by atoms with Gasteiger partial charge in [0.05, 0.1) is 0 Å². The van der Waals surface area contributed by atoms with Crippen LogP contribution in [0.1, 0.15) is 39.5 Å². The van der Waals surface area contributed by atoms with Gasteiger partial charge in [-0.25, -0.2) is 0 Å². The molecule has 0 radical (unpaired) electrons. The van der Waals surface area contributed by atoms with Crippen molar-refractivity contribution in [2.45, 2.75) is 39.5 Å². The Balaban J connectivity index is 1.87. The van der Waals surface area contributed by atoms with Crippen LogP contribution in [0, 0.1) is 5.92 Å². The maximum Gasteiger partial charge on any atom is 0.227 e. The fraction of sp³-hybridized carbons (Fsp3) is 0.500. The zero-order valence-electron chi connectivity index (χ0n) is 14.3. The molecule has 0 aromatic heterocycles. The highest BCUT2D eigenvalue weighted by Crippen LogP contribution is 2.21. The van der Waals surface area contributed by atoms with Gasteiger partial charge in [0.15, 0.2) is 0 Å². The van der Waals surface area contributed by atoms with Gasteiger partial charge in [0.25, 0.3) is 0 Å². The van der Waals surface area contributed by atoms with Gasteiger partial charge in [-0.05, 0) is 37.5 Å². The van der Waals surface area contributed by atoms with Gasteiger partial charge in [0.2, 0.25) is 17.7 Å². The van der Waals surface area contributed by atoms with Gasteiger partial charge >= 0.3 is 0 Å². The standard InChI is InChI=1S/C18H25N3O3/c1-3-5-17(23)21-10-8-14(9-11-21)18(24)20-16-7-4-6-15(12-16)19-13(2)22/h4,6-7,12,14H,3,5,8-11H2,1-2H3,(H,19,22)(H,20,24). The van der Waals surface area contributed by atoms with Gasteiger partial charge < -0.3 is 15.5 Å². The highest BCUT2D eigenvalue weighted by molar-refractivity contribution is 5.94. The summed E-state index contributed by atoms with van der Waals surface area (Å²) in [6.07, 6.45) is 2.80. The Morgan fingerprint density at radius 1 is 1.12 bits per heavy atom. The Kier molecular flexibility index (Phi) is 6.35. The van der Waals surface area contributed by atoms with E-state index in [0.717, 1.165) is 6.42 Å². The molecule has 130 valence electrons. The maximum atomic E-state index is 12.4. The number of nitrogens with zero attached hydrogens (tertiary/aromatic N) is 1. The second kappa shape index (κ2) is 8.47. The average molecular weight is 331 g/mol. The molecule has 1 fully saturated rings. The molecule has 0 atom stereocenters. The lowest BCUT2D eigenvalue weighted by molar-refractivity contribution is -0.134. The summed E-state index contributed by atoms with van der Waals surface area (Å²) >= 11 is 0. The Morgan fingerprint density at radius 3 is 2.33 bits per heavy atom. The fourth-order valence-electron chi connectivity index (χ4n) is 2.89. The lowest BCUT2D eigenvalue weighted by Gasteiger charge is -2.31. The highest BCUT2D eigenvalue weighted by Gasteiger charge is 2.26. The number of likely N-dealkylation sites (tertiary alicyclic amines) is 1. The van der Waals surface area contributed by atoms with Crippen LogP contribution in [0.5, 0.6) is 0 Å². The van der Waals surface area contributed by atoms with E-state index in [4.69, 9.17) is 0 Å². The second-order valence-corrected chi connectivity index (χ2v) is 6.16. The first-order valence-electron chi connectivity index (χ1n) is 8.46. The number of piperidine rings is 1. The second-order valence-electron chi connectivity index (χ2n) is 6.16. The predicted molar refractivity (Wildman–Crippen MR) is 93.6 cm³/mol. The molecule has 0 spiro atoms. The van der Waals surface area contributed by atoms with E-state index in [1.165, 1.54) is 6.92 Å². The van der Waals surface area contributed by atoms with Gasteiger partial charge in [0.1, 0.15) is 0 Å². The van der Waals surface area contributed by atoms with Crippen molar-refractivity contribution >= 4 is 29.1 Å². The van der Waals surface area contributed by atoms with E-state index in [1.54, 1.807) is 24.3 Å². The fourth-order valence-corrected chi connectivity index (χ4v) is 2.89. The van der Waals surface area contributed by atoms with Crippen LogP contribution in [-0.2, 0) is 14.4 Å². The molecular formula is C18H25N3O3. The minimum Gasteiger partial charge on any atom is -0.343 e. The number of anilines is 2. The molecule has 24 heavy (non-hydrogen) atoms. The third-order valence-electron chi connectivity index (χ3n) is 4.13. The molecule has 0 aliphatic carbocycles. The molecule has 1 aromatic carbocycles. The van der Waals surface area contributed by atoms with Gasteiger partial charge in [0, 0.05) is 43.7 Å². The summed E-state index contributed by atoms with van der Waals surface area (Å²) in [6, 6.07) is 7.09. The van der Waals surface area contributed by atoms with Crippen LogP contribution in [0.2, 0.25) is 0 Å². The lowest BCUT2D eigenvalue weighted by Crippen LogP contribution is -2.41. The largest absolute Gasteiger partial charge is 0.343 e. The first-order chi connectivity index (χ1) is 11.5. The number of rotatable bonds is 5. The van der Waals surface area contributed by atoms with Gasteiger partial charge in [-0.3, -0.25) is 14.4 Å². The number of benzene rings is 1. The highest BCUT2D eigenvalue weighted by atomic mass is 16.2. The normalized spacial score (nSPS) is 15.0. The van der Waals surface area contributed by atoms with E-state index in [2.05, 4.69) is 10.6 Å². The van der Waals surface area contributed by atoms with Crippen LogP contribution >= 0.6 is 0 Å². The van der Waals surface area contributed by atoms with Gasteiger partial charge in [-0.2, -0.15) is 0 Å². The van der Waals surface area contributed by atoms with E-state index in [1.807, 2.05) is 11.8 Å². The summed E-state index contributed by atoms with van der Waals surface area (Å²) in [6.45, 7) is 4.72. The van der Waals surface area contributed by atoms with E-state index < -0.39 is 0 Å². The minimum absolute atomic E-state index is 0.0300. The first-order valence-corrected chi connectivity index (χ1v) is 8.46. The van der Waals surface area contributed by atoms with Crippen LogP contribution in [0.3, 0.4) is 0 Å². The zero-order valence-corrected chi connectivity index (χ0v) is 14.3. The lowest BCUT2D eigenvalue weighted by atomic mass is 9.95. The molecule has 3 amide bonds. The van der Waals surface area contributed by atoms with Crippen LogP contribution in [0.25, 0.3) is 0 Å². The monoisotopic (exact) mass is 331 g/mol. The molecule has 1 aliphatic heterocycles. The molecule has 1 heterocycles. The van der Waals surface area contributed by atoms with Crippen molar-refractivity contribution in [3.8, 4) is 0 Å². The summed E-state index contributed by atoms with van der Waals surface area (Å²) in [5.74, 6) is -0.0837. The Hall–Kier alpha value is -2.37. The molecule has 1 aliphatic rings. The molecule has 0 unspecified atom stereocenters. The Bertz CT molecular complexity index is 607. The Labute approximate surface area is 142 Å². The van der Waals surface area contributed by atoms with Crippen molar-refractivity contribution in [2.24, 2.45) is 5.92 Å². The molecule has 0 bridgehead atoms. The number of hydrogen-bond donors (Lipinski definition) is 2. The number of amides is 3. The first kappa shape index (κ1) is 18.0. The molecular weight excluding hydrogens is 306 g/mol. The summed E-state index contributed by atoms with van der Waals surface area (Å²) in [4.78, 5) is 37.2. The number of carbonyl (C=O) groups is 3. The van der Waals surface area contributed by atoms with E-state index in [9.17, 15) is 14.4 Å². The van der Waals surface area contributed by atoms with Crippen LogP contribution in [-0.4, -0.2) is 35.7 Å². The summed E-state index contributed by atoms with van der Waals surface area (Å²) in [7, 11) is 0. The van der Waals surface area contributed by atoms with Crippen LogP contribution < -0.4 is 10.6 Å². The zero-order chi connectivity index (χ0) is 17.5. The Morgan fingerprint density at radius 2 is 1.75 bits per heavy atom. The van der Waals surface area contributed by atoms with Crippen molar-refractivity contribution in [1.82, 2.24) is 4.90 Å². The summed E-state index contributed by atoms with van der Waals surface area (Å²) < 4.78 is 0. The van der Waals surface area contributed by atoms with Crippen molar-refractivity contribution < 1.29 is 14.4 Å². The third-order valence-corrected chi connectivity index (χ3v) is 4.13. The number of hydrogen-bond acceptors (Lipinski definition) is 3. The minimum atomic E-state index is -0.150. The van der Waals surface area contributed by atoms with E-state index in [-0.39, 0.29) is 23.6 Å². The van der Waals surface area contributed by atoms with Crippen molar-refractivity contribution in [3.05, 3.63) is 24.3 Å². The summed E-state index contributed by atoms with van der Waals surface area (Å²) in [5.41, 5.74) is 1.32. The van der Waals surface area contributed by atoms with Crippen molar-refractivity contribution in [3.63, 3.8) is 0 Å². The SMILES string of the molecule is CCCC(=O)N1CCC(C(=O)Nc2cccc(NC(C)=O)c2)CC1. The van der Waals surface area contributed by atoms with Crippen molar-refractivity contribution in [1.29, 1.82) is 0 Å². The van der Waals surface area contributed by atoms with Gasteiger partial charge in [-0.1, -0.05) is 13.0 Å². The van der Waals surface area contributed by atoms with Crippen molar-refractivity contribution in [2.75, 3.05) is 23.7 Å². The third kappa shape index (κ3) is 5.08. The quantitative estimate of drug-likeness (QED) is 0.870. The average Bonchev–Trinajstić information content (AvgIpc) is 2.55. The topological polar surface area (TPSA) is 78.5 Å². The smallest absolute Gasteiger partial charge is 0.227 e.